The second-order valence-electron chi connectivity index (χ2n) is 9.62. The summed E-state index contributed by atoms with van der Waals surface area (Å²) in [4.78, 5) is 56.0. The second-order valence-corrected chi connectivity index (χ2v) is 9.62. The predicted octanol–water partition coefficient (Wildman–Crippen LogP) is -1.41. The third-order valence-corrected chi connectivity index (χ3v) is 6.03. The highest BCUT2D eigenvalue weighted by atomic mass is 16.4. The van der Waals surface area contributed by atoms with Crippen LogP contribution in [0.25, 0.3) is 0 Å². The molecule has 1 saturated heterocycles. The molecule has 13 heteroatoms. The lowest BCUT2D eigenvalue weighted by molar-refractivity contribution is -0.145. The number of unbranched alkanes of at least 4 members (excludes halogenated alkanes) is 1. The number of nitrogens with two attached hydrogens (primary N) is 4. The number of nitrogens with one attached hydrogen (secondary N) is 2. The number of aliphatic imine (C=N–C) groups is 1. The highest BCUT2D eigenvalue weighted by Gasteiger charge is 2.39. The van der Waals surface area contributed by atoms with Gasteiger partial charge in [0.1, 0.15) is 18.1 Å². The summed E-state index contributed by atoms with van der Waals surface area (Å²) in [7, 11) is 0. The van der Waals surface area contributed by atoms with Gasteiger partial charge >= 0.3 is 5.97 Å². The summed E-state index contributed by atoms with van der Waals surface area (Å²) >= 11 is 0. The Kier molecular flexibility index (Phi) is 13.8. The summed E-state index contributed by atoms with van der Waals surface area (Å²) in [5.74, 6) is -2.50. The van der Waals surface area contributed by atoms with Gasteiger partial charge in [-0.25, -0.2) is 4.79 Å². The van der Waals surface area contributed by atoms with Crippen LogP contribution >= 0.6 is 0 Å². The number of aliphatic carboxylic acids is 1. The van der Waals surface area contributed by atoms with Crippen LogP contribution in [-0.4, -0.2) is 83.5 Å². The molecular weight excluding hydrogens is 468 g/mol. The number of carbonyl (C=O) groups excluding carboxylic acids is 3. The molecule has 0 aromatic heterocycles. The summed E-state index contributed by atoms with van der Waals surface area (Å²) < 4.78 is 0. The number of hydrogen-bond acceptors (Lipinski definition) is 7. The first kappa shape index (κ1) is 31.1. The van der Waals surface area contributed by atoms with Crippen LogP contribution in [0.5, 0.6) is 0 Å². The van der Waals surface area contributed by atoms with Crippen molar-refractivity contribution < 1.29 is 24.3 Å². The summed E-state index contributed by atoms with van der Waals surface area (Å²) in [5.41, 5.74) is 22.0. The largest absolute Gasteiger partial charge is 0.480 e. The number of nitrogens with zero attached hydrogens (tertiary/aromatic N) is 2. The number of guanidine groups is 1. The Labute approximate surface area is 212 Å². The predicted molar refractivity (Wildman–Crippen MR) is 136 cm³/mol. The lowest BCUT2D eigenvalue weighted by atomic mass is 10.0. The van der Waals surface area contributed by atoms with E-state index < -0.39 is 42.0 Å². The van der Waals surface area contributed by atoms with Gasteiger partial charge in [0.05, 0.1) is 6.04 Å². The number of hydrogen-bond donors (Lipinski definition) is 7. The highest BCUT2D eigenvalue weighted by molar-refractivity contribution is 5.94. The standard InChI is InChI=1S/C23H44N8O5/c1-14(2)13-17(30-19(32)15(25)7-3-4-10-24)21(34)31-12-6-9-18(31)20(33)29-16(22(35)36)8-5-11-28-23(26)27/h14-18H,3-13,24-25H2,1-2H3,(H,29,33)(H,30,32)(H,35,36)(H4,26,27,28). The summed E-state index contributed by atoms with van der Waals surface area (Å²) in [6.07, 6.45) is 3.78. The molecule has 0 radical (unpaired) electrons. The van der Waals surface area contributed by atoms with Crippen molar-refractivity contribution in [3.8, 4) is 0 Å². The molecule has 206 valence electrons. The quantitative estimate of drug-likeness (QED) is 0.0729. The van der Waals surface area contributed by atoms with Crippen LogP contribution in [-0.2, 0) is 19.2 Å². The van der Waals surface area contributed by atoms with E-state index in [1.54, 1.807) is 0 Å². The van der Waals surface area contributed by atoms with Crippen LogP contribution in [0.2, 0.25) is 0 Å². The first-order chi connectivity index (χ1) is 17.0. The first-order valence-electron chi connectivity index (χ1n) is 12.6. The van der Waals surface area contributed by atoms with Gasteiger partial charge in [-0.2, -0.15) is 0 Å². The highest BCUT2D eigenvalue weighted by Crippen LogP contribution is 2.21. The Morgan fingerprint density at radius 2 is 1.75 bits per heavy atom. The minimum Gasteiger partial charge on any atom is -0.480 e. The average molecular weight is 513 g/mol. The van der Waals surface area contributed by atoms with E-state index in [1.165, 1.54) is 4.90 Å². The van der Waals surface area contributed by atoms with E-state index >= 15 is 0 Å². The molecule has 36 heavy (non-hydrogen) atoms. The zero-order valence-electron chi connectivity index (χ0n) is 21.4. The van der Waals surface area contributed by atoms with E-state index in [0.29, 0.717) is 51.6 Å². The summed E-state index contributed by atoms with van der Waals surface area (Å²) in [6.45, 7) is 4.95. The Hall–Kier alpha value is -2.93. The molecule has 1 aliphatic rings. The molecule has 4 atom stereocenters. The third kappa shape index (κ3) is 10.8. The number of carbonyl (C=O) groups is 4. The second kappa shape index (κ2) is 15.9. The maximum absolute atomic E-state index is 13.4. The van der Waals surface area contributed by atoms with Gasteiger partial charge in [-0.15, -0.1) is 0 Å². The lowest BCUT2D eigenvalue weighted by Crippen LogP contribution is -2.57. The van der Waals surface area contributed by atoms with E-state index in [1.807, 2.05) is 13.8 Å². The molecule has 11 N–H and O–H groups in total. The summed E-state index contributed by atoms with van der Waals surface area (Å²) in [5, 5.41) is 14.8. The van der Waals surface area contributed by atoms with Gasteiger partial charge in [-0.3, -0.25) is 19.4 Å². The fourth-order valence-electron chi connectivity index (χ4n) is 4.14. The Morgan fingerprint density at radius 1 is 1.06 bits per heavy atom. The van der Waals surface area contributed by atoms with Gasteiger partial charge in [0.25, 0.3) is 0 Å². The minimum atomic E-state index is -1.18. The van der Waals surface area contributed by atoms with Gasteiger partial charge in [0, 0.05) is 13.1 Å². The molecule has 3 amide bonds. The molecule has 0 spiro atoms. The molecule has 0 bridgehead atoms. The Balaban J connectivity index is 2.86. The molecule has 0 aliphatic carbocycles. The van der Waals surface area contributed by atoms with Gasteiger partial charge in [0.15, 0.2) is 5.96 Å². The van der Waals surface area contributed by atoms with E-state index in [4.69, 9.17) is 22.9 Å². The Morgan fingerprint density at radius 3 is 2.33 bits per heavy atom. The number of carboxylic acids is 1. The van der Waals surface area contributed by atoms with Crippen LogP contribution in [0.4, 0.5) is 0 Å². The van der Waals surface area contributed by atoms with Crippen molar-refractivity contribution in [2.75, 3.05) is 19.6 Å². The van der Waals surface area contributed by atoms with Gasteiger partial charge in [-0.05, 0) is 57.4 Å². The molecule has 1 fully saturated rings. The maximum atomic E-state index is 13.4. The third-order valence-electron chi connectivity index (χ3n) is 6.03. The molecule has 0 saturated carbocycles. The molecule has 1 aliphatic heterocycles. The topological polar surface area (TPSA) is 232 Å². The SMILES string of the molecule is CC(C)CC(NC(=O)C(N)CCCCN)C(=O)N1CCCC1C(=O)NC(CCCN=C(N)N)C(=O)O. The van der Waals surface area contributed by atoms with Crippen molar-refractivity contribution in [3.63, 3.8) is 0 Å². The molecular formula is C23H44N8O5. The fourth-order valence-corrected chi connectivity index (χ4v) is 4.14. The van der Waals surface area contributed by atoms with E-state index in [2.05, 4.69) is 15.6 Å². The van der Waals surface area contributed by atoms with Gasteiger partial charge in [0.2, 0.25) is 17.7 Å². The number of carboxylic acid groups (broad SMARTS) is 1. The summed E-state index contributed by atoms with van der Waals surface area (Å²) in [6, 6.07) is -3.54. The van der Waals surface area contributed by atoms with Crippen LogP contribution < -0.4 is 33.6 Å². The first-order valence-corrected chi connectivity index (χ1v) is 12.6. The average Bonchev–Trinajstić information content (AvgIpc) is 3.29. The van der Waals surface area contributed by atoms with Crippen molar-refractivity contribution in [2.24, 2.45) is 33.8 Å². The van der Waals surface area contributed by atoms with Crippen molar-refractivity contribution in [1.82, 2.24) is 15.5 Å². The normalized spacial score (nSPS) is 17.8. The zero-order valence-corrected chi connectivity index (χ0v) is 21.4. The molecule has 13 nitrogen and oxygen atoms in total. The number of amides is 3. The van der Waals surface area contributed by atoms with Crippen molar-refractivity contribution in [3.05, 3.63) is 0 Å². The molecule has 1 heterocycles. The van der Waals surface area contributed by atoms with E-state index in [0.717, 1.165) is 6.42 Å². The smallest absolute Gasteiger partial charge is 0.326 e. The van der Waals surface area contributed by atoms with Crippen molar-refractivity contribution in [1.29, 1.82) is 0 Å². The van der Waals surface area contributed by atoms with Crippen LogP contribution in [0.3, 0.4) is 0 Å². The van der Waals surface area contributed by atoms with E-state index in [9.17, 15) is 24.3 Å². The molecule has 1 rings (SSSR count). The maximum Gasteiger partial charge on any atom is 0.326 e. The van der Waals surface area contributed by atoms with Gasteiger partial charge in [-0.1, -0.05) is 20.3 Å². The number of likely N-dealkylation sites (tertiary alicyclic amines) is 1. The van der Waals surface area contributed by atoms with Crippen LogP contribution in [0.1, 0.15) is 65.2 Å². The van der Waals surface area contributed by atoms with Crippen molar-refractivity contribution in [2.45, 2.75) is 89.4 Å². The lowest BCUT2D eigenvalue weighted by Gasteiger charge is -2.30. The molecule has 4 unspecified atom stereocenters. The van der Waals surface area contributed by atoms with E-state index in [-0.39, 0.29) is 30.8 Å². The zero-order chi connectivity index (χ0) is 27.3. The van der Waals surface area contributed by atoms with Crippen molar-refractivity contribution >= 4 is 29.7 Å². The number of rotatable bonds is 16. The monoisotopic (exact) mass is 512 g/mol. The van der Waals surface area contributed by atoms with Crippen LogP contribution in [0, 0.1) is 5.92 Å². The molecule has 0 aromatic rings. The van der Waals surface area contributed by atoms with Crippen LogP contribution in [0.15, 0.2) is 4.99 Å². The van der Waals surface area contributed by atoms with Gasteiger partial charge < -0.3 is 43.6 Å². The Bertz CT molecular complexity index is 772. The fraction of sp³-hybridized carbons (Fsp3) is 0.783. The molecule has 0 aromatic carbocycles. The minimum absolute atomic E-state index is 0.0921.